The van der Waals surface area contributed by atoms with Crippen molar-refractivity contribution in [2.75, 3.05) is 11.5 Å². The molecular weight excluding hydrogens is 877 g/mol. The first-order valence-corrected chi connectivity index (χ1v) is 31.6. The molecule has 0 aliphatic rings. The van der Waals surface area contributed by atoms with E-state index in [4.69, 9.17) is 36.5 Å². The minimum atomic E-state index is -3.36. The molecule has 4 rings (SSSR count). The first kappa shape index (κ1) is 50.5. The highest BCUT2D eigenvalue weighted by molar-refractivity contribution is 9.26. The fraction of sp³-hybridized carbons (Fsp3) is 0.667. The number of hydrogen-bond donors (Lipinski definition) is 0. The summed E-state index contributed by atoms with van der Waals surface area (Å²) in [6.45, 7) is 25.8. The second-order valence-electron chi connectivity index (χ2n) is 15.1. The zero-order valence-corrected chi connectivity index (χ0v) is 43.6. The fourth-order valence-electron chi connectivity index (χ4n) is 5.80. The van der Waals surface area contributed by atoms with E-state index in [0.29, 0.717) is 0 Å². The third-order valence-corrected chi connectivity index (χ3v) is 27.1. The molecule has 0 N–H and O–H groups in total. The summed E-state index contributed by atoms with van der Waals surface area (Å²) in [5, 5.41) is 2.04. The smallest absolute Gasteiger partial charge is 0.370 e. The zero-order chi connectivity index (χ0) is 42.3. The number of fused-ring (bicyclic) bond motifs is 2. The molecule has 8 nitrogen and oxygen atoms in total. The van der Waals surface area contributed by atoms with Gasteiger partial charge in [0.05, 0.1) is 31.5 Å². The first-order chi connectivity index (χ1) is 27.9. The monoisotopic (exact) mass is 944 g/mol. The van der Waals surface area contributed by atoms with Crippen molar-refractivity contribution in [2.45, 2.75) is 169 Å². The van der Waals surface area contributed by atoms with E-state index < -0.39 is 17.6 Å². The lowest BCUT2D eigenvalue weighted by Crippen LogP contribution is -2.57. The number of hydrogen-bond acceptors (Lipinski definition) is 14. The van der Waals surface area contributed by atoms with Crippen molar-refractivity contribution in [1.29, 1.82) is 0 Å². The third kappa shape index (κ3) is 14.2. The molecular formula is C42H68N2O6S6Si2. The normalized spacial score (nSPS) is 18.6. The van der Waals surface area contributed by atoms with E-state index in [-0.39, 0.29) is 47.7 Å². The van der Waals surface area contributed by atoms with Gasteiger partial charge >= 0.3 is 17.6 Å². The molecule has 4 aromatic rings. The predicted octanol–water partition coefficient (Wildman–Crippen LogP) is 14.3. The maximum absolute atomic E-state index is 7.07. The molecule has 0 radical (unpaired) electrons. The Bertz CT molecular complexity index is 1520. The molecule has 2 aromatic heterocycles. The fourth-order valence-corrected chi connectivity index (χ4v) is 24.4. The second kappa shape index (κ2) is 25.2. The van der Waals surface area contributed by atoms with E-state index in [2.05, 4.69) is 132 Å². The van der Waals surface area contributed by atoms with Crippen molar-refractivity contribution in [2.24, 2.45) is 0 Å². The van der Waals surface area contributed by atoms with Crippen molar-refractivity contribution in [3.63, 3.8) is 0 Å². The van der Waals surface area contributed by atoms with Gasteiger partial charge in [-0.2, -0.15) is 0 Å². The number of benzene rings is 2. The quantitative estimate of drug-likeness (QED) is 0.0295. The highest BCUT2D eigenvalue weighted by Gasteiger charge is 2.56. The van der Waals surface area contributed by atoms with Crippen LogP contribution in [0.25, 0.3) is 20.4 Å². The Labute approximate surface area is 375 Å². The van der Waals surface area contributed by atoms with Gasteiger partial charge < -0.3 is 26.6 Å². The summed E-state index contributed by atoms with van der Waals surface area (Å²) in [6, 6.07) is 16.8. The van der Waals surface area contributed by atoms with E-state index in [9.17, 15) is 0 Å². The van der Waals surface area contributed by atoms with Gasteiger partial charge in [-0.1, -0.05) is 87.4 Å². The van der Waals surface area contributed by atoms with E-state index in [0.717, 1.165) is 80.5 Å². The summed E-state index contributed by atoms with van der Waals surface area (Å²) in [5.41, 5.74) is 1.72. The van der Waals surface area contributed by atoms with Gasteiger partial charge in [0.1, 0.15) is 10.0 Å². The van der Waals surface area contributed by atoms with Crippen LogP contribution in [0.5, 0.6) is 0 Å². The van der Waals surface area contributed by atoms with Gasteiger partial charge in [-0.05, 0) is 124 Å². The Kier molecular flexibility index (Phi) is 21.9. The highest BCUT2D eigenvalue weighted by atomic mass is 33.7. The van der Waals surface area contributed by atoms with Crippen molar-refractivity contribution < 1.29 is 26.6 Å². The van der Waals surface area contributed by atoms with Crippen LogP contribution in [0.1, 0.15) is 143 Å². The lowest BCUT2D eigenvalue weighted by molar-refractivity contribution is -0.0174. The number of aromatic nitrogens is 2. The van der Waals surface area contributed by atoms with Crippen LogP contribution in [0.2, 0.25) is 0 Å². The average molecular weight is 946 g/mol. The number of thiazole rings is 2. The van der Waals surface area contributed by atoms with Crippen LogP contribution in [-0.4, -0.2) is 75.7 Å². The molecule has 0 amide bonds. The topological polar surface area (TPSA) is 81.2 Å². The van der Waals surface area contributed by atoms with E-state index >= 15 is 0 Å². The summed E-state index contributed by atoms with van der Waals surface area (Å²) in [4.78, 5) is 10.4. The molecule has 2 heterocycles. The Morgan fingerprint density at radius 1 is 0.466 bits per heavy atom. The van der Waals surface area contributed by atoms with E-state index in [1.54, 1.807) is 42.3 Å². The molecule has 0 fully saturated rings. The molecule has 0 spiro atoms. The molecule has 2 aromatic carbocycles. The van der Waals surface area contributed by atoms with Crippen molar-refractivity contribution in [1.82, 2.24) is 9.97 Å². The standard InChI is InChI=1S/C42H68N2O6S6Si2/c1-13-29(7)45-57(46-30(8)14-2,47-31(9)15-3)39(41-43-35-23-19-21-25-37(35)53-41)27-51-55-56-52-28-40(42-44-36-24-20-22-26-38(36)54-42)58(48-32(10)16-4,49-33(11)17-5)50-34(12)18-6/h19-26,29-34,39-40H,13-18,27-28H2,1-12H3. The summed E-state index contributed by atoms with van der Waals surface area (Å²) >= 11 is 3.47. The van der Waals surface area contributed by atoms with Gasteiger partial charge in [-0.3, -0.25) is 0 Å². The lowest BCUT2D eigenvalue weighted by Gasteiger charge is -2.40. The SMILES string of the molecule is CCC(C)O[Si](OC(C)CC)(OC(C)CC)C(CSSSSCC(c1nc2ccccc2s1)[Si](OC(C)CC)(OC(C)CC)OC(C)CC)c1nc2ccccc2s1. The molecule has 326 valence electrons. The largest absolute Gasteiger partial charge is 0.512 e. The van der Waals surface area contributed by atoms with Gasteiger partial charge in [0.15, 0.2) is 0 Å². The van der Waals surface area contributed by atoms with Crippen LogP contribution in [0.4, 0.5) is 0 Å². The van der Waals surface area contributed by atoms with E-state index in [1.807, 2.05) is 21.6 Å². The predicted molar refractivity (Wildman–Crippen MR) is 261 cm³/mol. The van der Waals surface area contributed by atoms with E-state index in [1.165, 1.54) is 0 Å². The van der Waals surface area contributed by atoms with Crippen molar-refractivity contribution in [3.05, 3.63) is 58.5 Å². The van der Waals surface area contributed by atoms with Crippen molar-refractivity contribution in [3.8, 4) is 0 Å². The molecule has 0 saturated carbocycles. The summed E-state index contributed by atoms with van der Waals surface area (Å²) in [7, 11) is 0.490. The summed E-state index contributed by atoms with van der Waals surface area (Å²) < 4.78 is 44.8. The molecule has 0 bridgehead atoms. The van der Waals surface area contributed by atoms with Gasteiger partial charge in [0, 0.05) is 48.1 Å². The molecule has 16 heteroatoms. The maximum atomic E-state index is 7.07. The van der Waals surface area contributed by atoms with Crippen LogP contribution in [0.15, 0.2) is 48.5 Å². The number of para-hydroxylation sites is 2. The molecule has 0 saturated heterocycles. The molecule has 0 aliphatic heterocycles. The zero-order valence-electron chi connectivity index (χ0n) is 36.7. The Morgan fingerprint density at radius 3 is 1.00 bits per heavy atom. The van der Waals surface area contributed by atoms with Gasteiger partial charge in [0.25, 0.3) is 0 Å². The third-order valence-electron chi connectivity index (χ3n) is 10.3. The molecule has 8 atom stereocenters. The second-order valence-corrected chi connectivity index (χ2v) is 28.5. The number of rotatable bonds is 29. The average Bonchev–Trinajstić information content (AvgIpc) is 3.85. The lowest BCUT2D eigenvalue weighted by atomic mass is 10.3. The summed E-state index contributed by atoms with van der Waals surface area (Å²) in [6.07, 6.45) is 5.10. The molecule has 0 aliphatic carbocycles. The molecule has 8 unspecified atom stereocenters. The number of nitrogens with zero attached hydrogens (tertiary/aromatic N) is 2. The summed E-state index contributed by atoms with van der Waals surface area (Å²) in [5.74, 6) is 1.47. The minimum Gasteiger partial charge on any atom is -0.370 e. The Morgan fingerprint density at radius 2 is 0.741 bits per heavy atom. The van der Waals surface area contributed by atoms with Crippen LogP contribution >= 0.6 is 63.9 Å². The molecule has 58 heavy (non-hydrogen) atoms. The maximum Gasteiger partial charge on any atom is 0.512 e. The van der Waals surface area contributed by atoms with Crippen LogP contribution in [0, 0.1) is 0 Å². The van der Waals surface area contributed by atoms with Gasteiger partial charge in [0.2, 0.25) is 0 Å². The highest BCUT2D eigenvalue weighted by Crippen LogP contribution is 2.50. The Hall–Kier alpha value is -0.186. The van der Waals surface area contributed by atoms with Crippen LogP contribution < -0.4 is 0 Å². The first-order valence-electron chi connectivity index (χ1n) is 21.2. The van der Waals surface area contributed by atoms with Gasteiger partial charge in [-0.15, -0.1) is 22.7 Å². The van der Waals surface area contributed by atoms with Crippen LogP contribution in [0.3, 0.4) is 0 Å². The van der Waals surface area contributed by atoms with Crippen LogP contribution in [-0.2, 0) is 26.6 Å². The van der Waals surface area contributed by atoms with Gasteiger partial charge in [-0.25, -0.2) is 9.97 Å². The minimum absolute atomic E-state index is 0.0175. The Balaban J connectivity index is 1.66. The van der Waals surface area contributed by atoms with Crippen molar-refractivity contribution >= 4 is 102 Å².